The van der Waals surface area contributed by atoms with Crippen molar-refractivity contribution in [3.63, 3.8) is 0 Å². The molecular weight excluding hydrogens is 449 g/mol. The van der Waals surface area contributed by atoms with Crippen molar-refractivity contribution in [3.8, 4) is 35.4 Å². The number of rotatable bonds is 3. The molecule has 8 heteroatoms. The van der Waals surface area contributed by atoms with Crippen molar-refractivity contribution in [2.45, 2.75) is 44.7 Å². The maximum Gasteiger partial charge on any atom is 0.349 e. The molecule has 2 aromatic heterocycles. The first-order valence-corrected chi connectivity index (χ1v) is 11.5. The predicted molar refractivity (Wildman–Crippen MR) is 130 cm³/mol. The molecule has 2 aliphatic rings. The highest BCUT2D eigenvalue weighted by Crippen LogP contribution is 2.44. The Balaban J connectivity index is 1.68. The van der Waals surface area contributed by atoms with Gasteiger partial charge in [0, 0.05) is 28.6 Å². The van der Waals surface area contributed by atoms with Crippen LogP contribution in [0.4, 0.5) is 10.2 Å². The number of terminal acetylenes is 1. The van der Waals surface area contributed by atoms with Crippen molar-refractivity contribution < 1.29 is 18.7 Å². The smallest absolute Gasteiger partial charge is 0.349 e. The molecule has 2 aromatic carbocycles. The second-order valence-electron chi connectivity index (χ2n) is 9.14. The molecule has 2 bridgehead atoms. The summed E-state index contributed by atoms with van der Waals surface area (Å²) in [7, 11) is 1.48. The Morgan fingerprint density at radius 2 is 2.00 bits per heavy atom. The van der Waals surface area contributed by atoms with E-state index in [1.54, 1.807) is 6.92 Å². The molecule has 0 radical (unpaired) electrons. The Labute approximate surface area is 200 Å². The number of phenols is 1. The second kappa shape index (κ2) is 7.70. The molecular formula is C27H22FN3O4. The van der Waals surface area contributed by atoms with Crippen molar-refractivity contribution in [1.29, 1.82) is 0 Å². The Hall–Kier alpha value is -4.12. The molecule has 7 nitrogen and oxygen atoms in total. The fourth-order valence-electron chi connectivity index (χ4n) is 5.65. The third-order valence-electron chi connectivity index (χ3n) is 7.24. The number of aromatic nitrogens is 2. The standard InChI is InChI=1S/C27H22FN3O4/c1-4-18-20(28)9-8-14-10-17(32)12-19(21(14)18)24-13(2)23-22(26(33)35-24)25(30-27(29-23)34-3)31-15-6-5-7-16(31)11-15/h1,8-10,12,15-16,32H,5-7,11H2,2-3H3. The summed E-state index contributed by atoms with van der Waals surface area (Å²) in [5.74, 6) is 2.41. The van der Waals surface area contributed by atoms with Gasteiger partial charge in [-0.15, -0.1) is 6.42 Å². The number of fused-ring (bicyclic) bond motifs is 4. The van der Waals surface area contributed by atoms with Gasteiger partial charge in [-0.05, 0) is 56.2 Å². The first kappa shape index (κ1) is 21.4. The summed E-state index contributed by atoms with van der Waals surface area (Å²) in [5, 5.41) is 11.6. The van der Waals surface area contributed by atoms with E-state index in [-0.39, 0.29) is 28.5 Å². The lowest BCUT2D eigenvalue weighted by Crippen LogP contribution is -2.59. The van der Waals surface area contributed by atoms with Crippen LogP contribution in [0.3, 0.4) is 0 Å². The lowest BCUT2D eigenvalue weighted by molar-refractivity contribution is 0.241. The van der Waals surface area contributed by atoms with Gasteiger partial charge in [-0.1, -0.05) is 12.0 Å². The maximum atomic E-state index is 14.6. The number of hydrogen-bond acceptors (Lipinski definition) is 7. The van der Waals surface area contributed by atoms with Crippen LogP contribution in [0.2, 0.25) is 0 Å². The summed E-state index contributed by atoms with van der Waals surface area (Å²) in [6, 6.07) is 6.47. The molecule has 0 spiro atoms. The quantitative estimate of drug-likeness (QED) is 0.434. The zero-order chi connectivity index (χ0) is 24.4. The largest absolute Gasteiger partial charge is 0.508 e. The number of nitrogens with zero attached hydrogens (tertiary/aromatic N) is 3. The number of aryl methyl sites for hydroxylation is 1. The number of piperidine rings is 1. The van der Waals surface area contributed by atoms with Gasteiger partial charge >= 0.3 is 11.6 Å². The first-order valence-electron chi connectivity index (χ1n) is 11.5. The molecule has 0 aliphatic carbocycles. The molecule has 2 fully saturated rings. The SMILES string of the molecule is C#Cc1c(F)ccc2cc(O)cc(-c3oc(=O)c4c(N5C6CCCC5C6)nc(OC)nc4c3C)c12. The molecule has 1 N–H and O–H groups in total. The van der Waals surface area contributed by atoms with Gasteiger partial charge in [0.2, 0.25) is 0 Å². The van der Waals surface area contributed by atoms with Gasteiger partial charge in [-0.3, -0.25) is 0 Å². The van der Waals surface area contributed by atoms with E-state index in [1.165, 1.54) is 31.4 Å². The van der Waals surface area contributed by atoms with Gasteiger partial charge in [0.1, 0.15) is 22.7 Å². The molecule has 4 aromatic rings. The van der Waals surface area contributed by atoms with Gasteiger partial charge in [0.25, 0.3) is 0 Å². The number of anilines is 1. The van der Waals surface area contributed by atoms with Gasteiger partial charge in [-0.2, -0.15) is 9.97 Å². The van der Waals surface area contributed by atoms with E-state index in [0.717, 1.165) is 25.7 Å². The molecule has 2 saturated heterocycles. The third-order valence-corrected chi connectivity index (χ3v) is 7.24. The summed E-state index contributed by atoms with van der Waals surface area (Å²) in [4.78, 5) is 24.7. The molecule has 0 saturated carbocycles. The minimum atomic E-state index is -0.613. The lowest BCUT2D eigenvalue weighted by Gasteiger charge is -2.53. The molecule has 4 heterocycles. The number of methoxy groups -OCH3 is 1. The van der Waals surface area contributed by atoms with Crippen LogP contribution in [-0.4, -0.2) is 34.3 Å². The van der Waals surface area contributed by atoms with Crippen LogP contribution in [0.5, 0.6) is 11.8 Å². The number of ether oxygens (including phenoxy) is 1. The summed E-state index contributed by atoms with van der Waals surface area (Å²) in [6.07, 6.45) is 9.95. The summed E-state index contributed by atoms with van der Waals surface area (Å²) >= 11 is 0. The van der Waals surface area contributed by atoms with E-state index in [0.29, 0.717) is 45.3 Å². The number of phenolic OH excluding ortho intramolecular Hbond substituents is 1. The minimum absolute atomic E-state index is 0.0222. The minimum Gasteiger partial charge on any atom is -0.508 e. The van der Waals surface area contributed by atoms with E-state index >= 15 is 0 Å². The molecule has 176 valence electrons. The van der Waals surface area contributed by atoms with Crippen molar-refractivity contribution in [2.75, 3.05) is 12.0 Å². The first-order chi connectivity index (χ1) is 16.9. The monoisotopic (exact) mass is 471 g/mol. The summed E-state index contributed by atoms with van der Waals surface area (Å²) in [5.41, 5.74) is 0.640. The maximum absolute atomic E-state index is 14.6. The van der Waals surface area contributed by atoms with Crippen LogP contribution < -0.4 is 15.3 Å². The number of benzene rings is 2. The van der Waals surface area contributed by atoms with Gasteiger partial charge in [0.05, 0.1) is 18.2 Å². The van der Waals surface area contributed by atoms with Crippen LogP contribution in [0.25, 0.3) is 33.0 Å². The van der Waals surface area contributed by atoms with E-state index in [4.69, 9.17) is 15.6 Å². The summed E-state index contributed by atoms with van der Waals surface area (Å²) in [6.45, 7) is 1.76. The zero-order valence-corrected chi connectivity index (χ0v) is 19.3. The molecule has 2 aliphatic heterocycles. The van der Waals surface area contributed by atoms with Crippen LogP contribution in [-0.2, 0) is 0 Å². The van der Waals surface area contributed by atoms with E-state index in [9.17, 15) is 14.3 Å². The van der Waals surface area contributed by atoms with Gasteiger partial charge < -0.3 is 19.2 Å². The van der Waals surface area contributed by atoms with Crippen molar-refractivity contribution in [1.82, 2.24) is 9.97 Å². The second-order valence-corrected chi connectivity index (χ2v) is 9.14. The van der Waals surface area contributed by atoms with Crippen LogP contribution in [0, 0.1) is 25.1 Å². The average Bonchev–Trinajstić information content (AvgIpc) is 2.86. The Kier molecular flexibility index (Phi) is 4.71. The summed E-state index contributed by atoms with van der Waals surface area (Å²) < 4.78 is 25.9. The van der Waals surface area contributed by atoms with E-state index < -0.39 is 11.4 Å². The topological polar surface area (TPSA) is 88.7 Å². The Bertz CT molecular complexity index is 1620. The highest BCUT2D eigenvalue weighted by atomic mass is 19.1. The lowest BCUT2D eigenvalue weighted by atomic mass is 9.79. The van der Waals surface area contributed by atoms with Crippen LogP contribution in [0.15, 0.2) is 33.5 Å². The van der Waals surface area contributed by atoms with Crippen molar-refractivity contribution >= 4 is 27.5 Å². The average molecular weight is 471 g/mol. The van der Waals surface area contributed by atoms with Crippen molar-refractivity contribution in [3.05, 3.63) is 51.6 Å². The molecule has 2 atom stereocenters. The van der Waals surface area contributed by atoms with Crippen LogP contribution in [0.1, 0.15) is 36.8 Å². The fourth-order valence-corrected chi connectivity index (χ4v) is 5.65. The highest BCUT2D eigenvalue weighted by molar-refractivity contribution is 6.03. The Morgan fingerprint density at radius 1 is 1.23 bits per heavy atom. The fraction of sp³-hybridized carbons (Fsp3) is 0.296. The zero-order valence-electron chi connectivity index (χ0n) is 19.3. The molecule has 35 heavy (non-hydrogen) atoms. The van der Waals surface area contributed by atoms with E-state index in [2.05, 4.69) is 20.8 Å². The highest BCUT2D eigenvalue weighted by Gasteiger charge is 2.43. The van der Waals surface area contributed by atoms with Crippen LogP contribution >= 0.6 is 0 Å². The van der Waals surface area contributed by atoms with Gasteiger partial charge in [-0.25, -0.2) is 9.18 Å². The Morgan fingerprint density at radius 3 is 2.69 bits per heavy atom. The predicted octanol–water partition coefficient (Wildman–Crippen LogP) is 4.68. The normalized spacial score (nSPS) is 19.0. The molecule has 2 unspecified atom stereocenters. The van der Waals surface area contributed by atoms with E-state index in [1.807, 2.05) is 0 Å². The molecule has 6 rings (SSSR count). The molecule has 0 amide bonds. The number of hydrogen-bond donors (Lipinski definition) is 1. The van der Waals surface area contributed by atoms with Gasteiger partial charge in [0.15, 0.2) is 5.82 Å². The van der Waals surface area contributed by atoms with Crippen molar-refractivity contribution in [2.24, 2.45) is 0 Å². The number of aromatic hydroxyl groups is 1. The number of halogens is 1. The third kappa shape index (κ3) is 3.08.